The SMILES string of the molecule is CCC1CCC(=NCc2ccccc2)CC1. The summed E-state index contributed by atoms with van der Waals surface area (Å²) in [5.74, 6) is 0.954. The molecule has 0 bridgehead atoms. The Hall–Kier alpha value is -1.11. The molecule has 0 unspecified atom stereocenters. The summed E-state index contributed by atoms with van der Waals surface area (Å²) in [6.45, 7) is 3.17. The molecule has 0 heterocycles. The Balaban J connectivity index is 1.85. The molecule has 86 valence electrons. The highest BCUT2D eigenvalue weighted by atomic mass is 14.7. The summed E-state index contributed by atoms with van der Waals surface area (Å²) >= 11 is 0. The molecule has 2 rings (SSSR count). The Kier molecular flexibility index (Phi) is 4.15. The van der Waals surface area contributed by atoms with Crippen LogP contribution in [0, 0.1) is 5.92 Å². The van der Waals surface area contributed by atoms with Gasteiger partial charge in [-0.2, -0.15) is 0 Å². The van der Waals surface area contributed by atoms with Crippen molar-refractivity contribution in [1.82, 2.24) is 0 Å². The summed E-state index contributed by atoms with van der Waals surface area (Å²) in [6, 6.07) is 10.5. The zero-order valence-corrected chi connectivity index (χ0v) is 10.2. The van der Waals surface area contributed by atoms with Gasteiger partial charge in [0, 0.05) is 5.71 Å². The number of benzene rings is 1. The maximum atomic E-state index is 4.74. The number of nitrogens with zero attached hydrogens (tertiary/aromatic N) is 1. The van der Waals surface area contributed by atoms with E-state index in [0.29, 0.717) is 0 Å². The van der Waals surface area contributed by atoms with E-state index in [-0.39, 0.29) is 0 Å². The van der Waals surface area contributed by atoms with E-state index in [4.69, 9.17) is 4.99 Å². The summed E-state index contributed by atoms with van der Waals surface area (Å²) in [5, 5.41) is 0. The summed E-state index contributed by atoms with van der Waals surface area (Å²) in [6.07, 6.45) is 6.50. The Morgan fingerprint density at radius 3 is 2.44 bits per heavy atom. The van der Waals surface area contributed by atoms with Crippen LogP contribution in [0.2, 0.25) is 0 Å². The Morgan fingerprint density at radius 1 is 1.12 bits per heavy atom. The number of rotatable bonds is 3. The molecule has 1 fully saturated rings. The molecular formula is C15H21N. The molecule has 0 aromatic heterocycles. The van der Waals surface area contributed by atoms with E-state index < -0.39 is 0 Å². The van der Waals surface area contributed by atoms with Gasteiger partial charge in [0.25, 0.3) is 0 Å². The summed E-state index contributed by atoms with van der Waals surface area (Å²) in [4.78, 5) is 4.74. The van der Waals surface area contributed by atoms with Gasteiger partial charge in [-0.1, -0.05) is 43.7 Å². The van der Waals surface area contributed by atoms with E-state index in [1.54, 1.807) is 0 Å². The molecule has 1 nitrogen and oxygen atoms in total. The maximum Gasteiger partial charge on any atom is 0.0639 e. The first kappa shape index (κ1) is 11.4. The summed E-state index contributed by atoms with van der Waals surface area (Å²) < 4.78 is 0. The lowest BCUT2D eigenvalue weighted by molar-refractivity contribution is 0.429. The zero-order valence-electron chi connectivity index (χ0n) is 10.2. The van der Waals surface area contributed by atoms with Gasteiger partial charge in [0.05, 0.1) is 6.54 Å². The molecule has 0 amide bonds. The van der Waals surface area contributed by atoms with Crippen molar-refractivity contribution in [3.05, 3.63) is 35.9 Å². The van der Waals surface area contributed by atoms with Crippen molar-refractivity contribution >= 4 is 5.71 Å². The van der Waals surface area contributed by atoms with Gasteiger partial charge >= 0.3 is 0 Å². The fourth-order valence-corrected chi connectivity index (χ4v) is 2.36. The molecule has 0 N–H and O–H groups in total. The van der Waals surface area contributed by atoms with Gasteiger partial charge in [-0.25, -0.2) is 0 Å². The summed E-state index contributed by atoms with van der Waals surface area (Å²) in [7, 11) is 0. The van der Waals surface area contributed by atoms with Crippen molar-refractivity contribution in [2.45, 2.75) is 45.6 Å². The molecule has 1 aromatic rings. The van der Waals surface area contributed by atoms with E-state index in [9.17, 15) is 0 Å². The number of hydrogen-bond acceptors (Lipinski definition) is 1. The Morgan fingerprint density at radius 2 is 1.81 bits per heavy atom. The van der Waals surface area contributed by atoms with Crippen molar-refractivity contribution in [3.63, 3.8) is 0 Å². The minimum Gasteiger partial charge on any atom is -0.289 e. The van der Waals surface area contributed by atoms with Gasteiger partial charge in [-0.3, -0.25) is 4.99 Å². The van der Waals surface area contributed by atoms with Crippen LogP contribution in [0.15, 0.2) is 35.3 Å². The van der Waals surface area contributed by atoms with E-state index in [2.05, 4.69) is 37.3 Å². The highest BCUT2D eigenvalue weighted by Gasteiger charge is 2.15. The second-order valence-corrected chi connectivity index (χ2v) is 4.72. The first-order valence-corrected chi connectivity index (χ1v) is 6.44. The lowest BCUT2D eigenvalue weighted by atomic mass is 9.86. The lowest BCUT2D eigenvalue weighted by Crippen LogP contribution is -2.13. The molecular weight excluding hydrogens is 194 g/mol. The monoisotopic (exact) mass is 215 g/mol. The van der Waals surface area contributed by atoms with Crippen molar-refractivity contribution < 1.29 is 0 Å². The quantitative estimate of drug-likeness (QED) is 0.715. The molecule has 0 saturated heterocycles. The lowest BCUT2D eigenvalue weighted by Gasteiger charge is -2.21. The topological polar surface area (TPSA) is 12.4 Å². The minimum atomic E-state index is 0.868. The molecule has 1 aromatic carbocycles. The van der Waals surface area contributed by atoms with Gasteiger partial charge in [-0.15, -0.1) is 0 Å². The predicted octanol–water partition coefficient (Wildman–Crippen LogP) is 4.23. The number of aliphatic imine (C=N–C) groups is 1. The molecule has 0 spiro atoms. The van der Waals surface area contributed by atoms with Crippen LogP contribution in [0.4, 0.5) is 0 Å². The smallest absolute Gasteiger partial charge is 0.0639 e. The van der Waals surface area contributed by atoms with Crippen LogP contribution in [-0.4, -0.2) is 5.71 Å². The standard InChI is InChI=1S/C15H21N/c1-2-13-8-10-15(11-9-13)16-12-14-6-4-3-5-7-14/h3-7,13H,2,8-12H2,1H3. The highest BCUT2D eigenvalue weighted by molar-refractivity contribution is 5.85. The van der Waals surface area contributed by atoms with Gasteiger partial charge < -0.3 is 0 Å². The first-order chi connectivity index (χ1) is 7.88. The fourth-order valence-electron chi connectivity index (χ4n) is 2.36. The van der Waals surface area contributed by atoms with Crippen molar-refractivity contribution in [2.75, 3.05) is 0 Å². The fraction of sp³-hybridized carbons (Fsp3) is 0.533. The van der Waals surface area contributed by atoms with Gasteiger partial charge in [0.2, 0.25) is 0 Å². The average Bonchev–Trinajstić information content (AvgIpc) is 2.38. The van der Waals surface area contributed by atoms with E-state index in [0.717, 1.165) is 12.5 Å². The maximum absolute atomic E-state index is 4.74. The van der Waals surface area contributed by atoms with Crippen LogP contribution in [-0.2, 0) is 6.54 Å². The Labute approximate surface area is 98.6 Å². The second-order valence-electron chi connectivity index (χ2n) is 4.72. The molecule has 16 heavy (non-hydrogen) atoms. The minimum absolute atomic E-state index is 0.868. The molecule has 0 atom stereocenters. The molecule has 1 aliphatic rings. The highest BCUT2D eigenvalue weighted by Crippen LogP contribution is 2.24. The normalized spacial score (nSPS) is 20.8. The Bertz CT molecular complexity index is 330. The van der Waals surface area contributed by atoms with Crippen LogP contribution in [0.5, 0.6) is 0 Å². The van der Waals surface area contributed by atoms with Crippen LogP contribution >= 0.6 is 0 Å². The molecule has 0 aliphatic heterocycles. The van der Waals surface area contributed by atoms with E-state index >= 15 is 0 Å². The molecule has 0 radical (unpaired) electrons. The van der Waals surface area contributed by atoms with E-state index in [1.807, 2.05) is 0 Å². The van der Waals surface area contributed by atoms with Crippen LogP contribution < -0.4 is 0 Å². The number of hydrogen-bond donors (Lipinski definition) is 0. The van der Waals surface area contributed by atoms with Crippen LogP contribution in [0.3, 0.4) is 0 Å². The zero-order chi connectivity index (χ0) is 11.2. The van der Waals surface area contributed by atoms with Crippen molar-refractivity contribution in [3.8, 4) is 0 Å². The third kappa shape index (κ3) is 3.19. The molecule has 1 heteroatoms. The summed E-state index contributed by atoms with van der Waals surface area (Å²) in [5.41, 5.74) is 2.76. The van der Waals surface area contributed by atoms with Gasteiger partial charge in [-0.05, 0) is 37.2 Å². The van der Waals surface area contributed by atoms with Crippen molar-refractivity contribution in [1.29, 1.82) is 0 Å². The van der Waals surface area contributed by atoms with Gasteiger partial charge in [0.15, 0.2) is 0 Å². The first-order valence-electron chi connectivity index (χ1n) is 6.44. The van der Waals surface area contributed by atoms with Crippen LogP contribution in [0.1, 0.15) is 44.6 Å². The third-order valence-corrected chi connectivity index (χ3v) is 3.59. The third-order valence-electron chi connectivity index (χ3n) is 3.59. The van der Waals surface area contributed by atoms with Crippen molar-refractivity contribution in [2.24, 2.45) is 10.9 Å². The van der Waals surface area contributed by atoms with E-state index in [1.165, 1.54) is 43.4 Å². The second kappa shape index (κ2) is 5.83. The average molecular weight is 215 g/mol. The van der Waals surface area contributed by atoms with Crippen LogP contribution in [0.25, 0.3) is 0 Å². The largest absolute Gasteiger partial charge is 0.289 e. The molecule has 1 aliphatic carbocycles. The molecule has 1 saturated carbocycles. The van der Waals surface area contributed by atoms with Gasteiger partial charge in [0.1, 0.15) is 0 Å². The predicted molar refractivity (Wildman–Crippen MR) is 69.8 cm³/mol.